The zero-order valence-corrected chi connectivity index (χ0v) is 11.1. The van der Waals surface area contributed by atoms with Gasteiger partial charge in [0.2, 0.25) is 0 Å². The molecule has 0 saturated carbocycles. The molecule has 0 radical (unpaired) electrons. The summed E-state index contributed by atoms with van der Waals surface area (Å²) in [5.41, 5.74) is -0.0603. The lowest BCUT2D eigenvalue weighted by Crippen LogP contribution is -2.17. The number of nitrogens with zero attached hydrogens (tertiary/aromatic N) is 2. The molecule has 0 aliphatic carbocycles. The van der Waals surface area contributed by atoms with E-state index in [1.165, 1.54) is 30.5 Å². The van der Waals surface area contributed by atoms with E-state index < -0.39 is 10.8 Å². The summed E-state index contributed by atoms with van der Waals surface area (Å²) in [7, 11) is 0. The number of rotatable bonds is 6. The van der Waals surface area contributed by atoms with Crippen LogP contribution in [-0.2, 0) is 4.79 Å². The molecule has 2 N–H and O–H groups in total. The maximum absolute atomic E-state index is 11.8. The van der Waals surface area contributed by atoms with Gasteiger partial charge < -0.3 is 10.6 Å². The number of carbonyl (C=O) groups excluding carboxylic acids is 1. The van der Waals surface area contributed by atoms with Gasteiger partial charge in [-0.15, -0.1) is 11.6 Å². The van der Waals surface area contributed by atoms with Crippen LogP contribution in [0.1, 0.15) is 0 Å². The minimum Gasteiger partial charge on any atom is -0.388 e. The summed E-state index contributed by atoms with van der Waals surface area (Å²) in [6.45, 7) is 0.414. The van der Waals surface area contributed by atoms with Gasteiger partial charge in [0.05, 0.1) is 4.92 Å². The monoisotopic (exact) mass is 294 g/mol. The van der Waals surface area contributed by atoms with Gasteiger partial charge in [0.15, 0.2) is 0 Å². The number of carbonyl (C=O) groups is 1. The van der Waals surface area contributed by atoms with Crippen molar-refractivity contribution in [2.75, 3.05) is 17.7 Å². The molecule has 7 nitrogen and oxygen atoms in total. The maximum atomic E-state index is 11.8. The molecule has 1 aromatic carbocycles. The van der Waals surface area contributed by atoms with Gasteiger partial charge in [0, 0.05) is 36.4 Å². The number of benzene rings is 1. The molecule has 104 valence electrons. The van der Waals surface area contributed by atoms with E-state index in [0.29, 0.717) is 12.4 Å². The van der Waals surface area contributed by atoms with Crippen LogP contribution in [0.4, 0.5) is 11.4 Å². The summed E-state index contributed by atoms with van der Waals surface area (Å²) < 4.78 is 0. The molecule has 0 bridgehead atoms. The summed E-state index contributed by atoms with van der Waals surface area (Å²) in [4.78, 5) is 21.8. The molecule has 0 aliphatic rings. The van der Waals surface area contributed by atoms with Gasteiger partial charge in [-0.2, -0.15) is 5.26 Å². The van der Waals surface area contributed by atoms with Gasteiger partial charge in [-0.3, -0.25) is 14.9 Å². The summed E-state index contributed by atoms with van der Waals surface area (Å²) >= 11 is 5.45. The molecular formula is C12H11ClN4O3. The minimum absolute atomic E-state index is 0.148. The fourth-order valence-electron chi connectivity index (χ4n) is 1.27. The number of hydrogen-bond acceptors (Lipinski definition) is 5. The Morgan fingerprint density at radius 2 is 2.30 bits per heavy atom. The van der Waals surface area contributed by atoms with Gasteiger partial charge in [-0.25, -0.2) is 0 Å². The van der Waals surface area contributed by atoms with E-state index in [1.54, 1.807) is 6.07 Å². The second-order valence-electron chi connectivity index (χ2n) is 3.57. The van der Waals surface area contributed by atoms with Crippen molar-refractivity contribution in [3.8, 4) is 6.07 Å². The standard InChI is InChI=1S/C12H11ClN4O3/c13-4-5-15-8-9(7-14)12(18)16-10-2-1-3-11(6-10)17(19)20/h1-3,6,8,15H,4-5H2,(H,16,18)/b9-8-. The quantitative estimate of drug-likeness (QED) is 0.208. The number of halogens is 1. The van der Waals surface area contributed by atoms with Crippen LogP contribution in [0.3, 0.4) is 0 Å². The fourth-order valence-corrected chi connectivity index (χ4v) is 1.38. The van der Waals surface area contributed by atoms with Crippen LogP contribution in [0.25, 0.3) is 0 Å². The predicted octanol–water partition coefficient (Wildman–Crippen LogP) is 1.77. The molecular weight excluding hydrogens is 284 g/mol. The third-order valence-electron chi connectivity index (χ3n) is 2.17. The molecule has 0 unspecified atom stereocenters. The first-order valence-electron chi connectivity index (χ1n) is 5.54. The highest BCUT2D eigenvalue weighted by Crippen LogP contribution is 2.17. The van der Waals surface area contributed by atoms with Crippen LogP contribution < -0.4 is 10.6 Å². The van der Waals surface area contributed by atoms with E-state index in [2.05, 4.69) is 10.6 Å². The lowest BCUT2D eigenvalue weighted by atomic mass is 10.2. The molecule has 0 heterocycles. The van der Waals surface area contributed by atoms with E-state index in [1.807, 2.05) is 0 Å². The Morgan fingerprint density at radius 1 is 1.55 bits per heavy atom. The molecule has 0 aliphatic heterocycles. The van der Waals surface area contributed by atoms with E-state index in [-0.39, 0.29) is 16.9 Å². The van der Waals surface area contributed by atoms with Gasteiger partial charge in [-0.1, -0.05) is 6.07 Å². The van der Waals surface area contributed by atoms with Crippen LogP contribution in [0.5, 0.6) is 0 Å². The topological polar surface area (TPSA) is 108 Å². The molecule has 1 rings (SSSR count). The zero-order valence-electron chi connectivity index (χ0n) is 10.3. The van der Waals surface area contributed by atoms with Crippen molar-refractivity contribution in [2.24, 2.45) is 0 Å². The Labute approximate surface area is 120 Å². The third-order valence-corrected chi connectivity index (χ3v) is 2.35. The Hall–Kier alpha value is -2.59. The number of nitro benzene ring substituents is 1. The average molecular weight is 295 g/mol. The second kappa shape index (κ2) is 7.76. The number of anilines is 1. The van der Waals surface area contributed by atoms with Crippen LogP contribution in [0.2, 0.25) is 0 Å². The van der Waals surface area contributed by atoms with Crippen LogP contribution >= 0.6 is 11.6 Å². The van der Waals surface area contributed by atoms with Crippen molar-refractivity contribution in [3.63, 3.8) is 0 Å². The van der Waals surface area contributed by atoms with E-state index in [4.69, 9.17) is 16.9 Å². The Bertz CT molecular complexity index is 580. The number of nitro groups is 1. The molecule has 0 spiro atoms. The largest absolute Gasteiger partial charge is 0.388 e. The van der Waals surface area contributed by atoms with Crippen LogP contribution in [0.15, 0.2) is 36.0 Å². The van der Waals surface area contributed by atoms with Crippen molar-refractivity contribution in [1.29, 1.82) is 5.26 Å². The first-order valence-corrected chi connectivity index (χ1v) is 6.07. The molecule has 1 amide bonds. The number of nitriles is 1. The van der Waals surface area contributed by atoms with Gasteiger partial charge in [0.1, 0.15) is 11.6 Å². The molecule has 1 aromatic rings. The van der Waals surface area contributed by atoms with E-state index >= 15 is 0 Å². The van der Waals surface area contributed by atoms with Crippen LogP contribution in [-0.4, -0.2) is 23.3 Å². The number of hydrogen-bond donors (Lipinski definition) is 2. The predicted molar refractivity (Wildman–Crippen MR) is 74.1 cm³/mol. The van der Waals surface area contributed by atoms with Crippen molar-refractivity contribution in [2.45, 2.75) is 0 Å². The SMILES string of the molecule is N#C/C(=C/NCCCl)C(=O)Nc1cccc([N+](=O)[O-])c1. The Balaban J connectivity index is 2.79. The molecule has 8 heteroatoms. The zero-order chi connectivity index (χ0) is 15.0. The summed E-state index contributed by atoms with van der Waals surface area (Å²) in [5, 5.41) is 24.6. The Morgan fingerprint density at radius 3 is 2.90 bits per heavy atom. The third kappa shape index (κ3) is 4.59. The summed E-state index contributed by atoms with van der Waals surface area (Å²) in [5.74, 6) is -0.322. The molecule has 20 heavy (non-hydrogen) atoms. The molecule has 0 saturated heterocycles. The Kier molecular flexibility index (Phi) is 6.00. The summed E-state index contributed by atoms with van der Waals surface area (Å²) in [6, 6.07) is 7.17. The van der Waals surface area contributed by atoms with Crippen molar-refractivity contribution >= 4 is 28.9 Å². The highest BCUT2D eigenvalue weighted by Gasteiger charge is 2.11. The smallest absolute Gasteiger partial charge is 0.271 e. The number of amides is 1. The lowest BCUT2D eigenvalue weighted by Gasteiger charge is -2.04. The second-order valence-corrected chi connectivity index (χ2v) is 3.95. The minimum atomic E-state index is -0.657. The number of alkyl halides is 1. The van der Waals surface area contributed by atoms with E-state index in [9.17, 15) is 14.9 Å². The molecule has 0 fully saturated rings. The normalized spacial score (nSPS) is 10.5. The molecule has 0 aromatic heterocycles. The van der Waals surface area contributed by atoms with Crippen molar-refractivity contribution in [1.82, 2.24) is 5.32 Å². The first-order chi connectivity index (χ1) is 9.58. The van der Waals surface area contributed by atoms with E-state index in [0.717, 1.165) is 0 Å². The van der Waals surface area contributed by atoms with Crippen molar-refractivity contribution < 1.29 is 9.72 Å². The fraction of sp³-hybridized carbons (Fsp3) is 0.167. The van der Waals surface area contributed by atoms with Gasteiger partial charge in [-0.05, 0) is 6.07 Å². The van der Waals surface area contributed by atoms with Crippen molar-refractivity contribution in [3.05, 3.63) is 46.2 Å². The first kappa shape index (κ1) is 15.5. The number of non-ortho nitro benzene ring substituents is 1. The highest BCUT2D eigenvalue weighted by molar-refractivity contribution is 6.18. The lowest BCUT2D eigenvalue weighted by molar-refractivity contribution is -0.384. The average Bonchev–Trinajstić information content (AvgIpc) is 2.43. The van der Waals surface area contributed by atoms with Gasteiger partial charge >= 0.3 is 0 Å². The number of nitrogens with one attached hydrogen (secondary N) is 2. The van der Waals surface area contributed by atoms with Gasteiger partial charge in [0.25, 0.3) is 11.6 Å². The summed E-state index contributed by atoms with van der Waals surface area (Å²) in [6.07, 6.45) is 1.25. The molecule has 0 atom stereocenters. The van der Waals surface area contributed by atoms with Crippen LogP contribution in [0, 0.1) is 21.4 Å². The maximum Gasteiger partial charge on any atom is 0.271 e. The highest BCUT2D eigenvalue weighted by atomic mass is 35.5.